The lowest BCUT2D eigenvalue weighted by Gasteiger charge is -2.36. The van der Waals surface area contributed by atoms with E-state index in [9.17, 15) is 21.6 Å². The van der Waals surface area contributed by atoms with Gasteiger partial charge in [-0.15, -0.1) is 0 Å². The molecule has 0 radical (unpaired) electrons. The second kappa shape index (κ2) is 7.23. The summed E-state index contributed by atoms with van der Waals surface area (Å²) < 4.78 is 64.2. The van der Waals surface area contributed by atoms with Gasteiger partial charge < -0.3 is 0 Å². The lowest BCUT2D eigenvalue weighted by molar-refractivity contribution is -0.0954. The summed E-state index contributed by atoms with van der Waals surface area (Å²) in [7, 11) is -3.50. The Balaban J connectivity index is 1.92. The number of hydrazine groups is 1. The maximum atomic E-state index is 13.5. The van der Waals surface area contributed by atoms with Gasteiger partial charge in [0, 0.05) is 19.3 Å². The minimum absolute atomic E-state index is 0.0149. The first-order chi connectivity index (χ1) is 12.2. The Bertz CT molecular complexity index is 784. The number of allylic oxidation sites excluding steroid dienone is 1. The van der Waals surface area contributed by atoms with E-state index in [2.05, 4.69) is 0 Å². The lowest BCUT2D eigenvalue weighted by atomic mass is 9.89. The molecule has 0 bridgehead atoms. The minimum atomic E-state index is -4.50. The van der Waals surface area contributed by atoms with Gasteiger partial charge in [0.05, 0.1) is 10.6 Å². The van der Waals surface area contributed by atoms with Crippen LogP contribution in [0, 0.1) is 5.92 Å². The zero-order chi connectivity index (χ0) is 18.9. The van der Waals surface area contributed by atoms with Crippen molar-refractivity contribution >= 4 is 15.5 Å². The molecule has 1 aromatic rings. The number of halogens is 3. The topological polar surface area (TPSA) is 40.6 Å². The van der Waals surface area contributed by atoms with Crippen LogP contribution in [0.25, 0.3) is 0 Å². The molecular weight excluding hydrogens is 365 g/mol. The average Bonchev–Trinajstić information content (AvgIpc) is 2.99. The highest BCUT2D eigenvalue weighted by molar-refractivity contribution is 7.90. The molecule has 1 aromatic carbocycles. The Labute approximate surface area is 152 Å². The van der Waals surface area contributed by atoms with Crippen molar-refractivity contribution in [3.63, 3.8) is 0 Å². The maximum Gasteiger partial charge on any atom is 0.432 e. The Hall–Kier alpha value is -1.54. The van der Waals surface area contributed by atoms with Gasteiger partial charge in [-0.3, -0.25) is 5.01 Å². The Morgan fingerprint density at radius 2 is 1.85 bits per heavy atom. The van der Waals surface area contributed by atoms with E-state index in [1.54, 1.807) is 5.01 Å². The van der Waals surface area contributed by atoms with Crippen LogP contribution >= 0.6 is 0 Å². The fraction of sp³-hybridized carbons (Fsp3) is 0.556. The van der Waals surface area contributed by atoms with Gasteiger partial charge in [0.15, 0.2) is 9.84 Å². The average molecular weight is 388 g/mol. The third-order valence-electron chi connectivity index (χ3n) is 4.98. The van der Waals surface area contributed by atoms with Gasteiger partial charge in [0.25, 0.3) is 0 Å². The summed E-state index contributed by atoms with van der Waals surface area (Å²) in [6.07, 6.45) is 3.19. The molecule has 1 aliphatic heterocycles. The quantitative estimate of drug-likeness (QED) is 0.777. The van der Waals surface area contributed by atoms with E-state index in [-0.39, 0.29) is 17.1 Å². The molecule has 0 N–H and O–H groups in total. The minimum Gasteiger partial charge on any atom is -0.269 e. The van der Waals surface area contributed by atoms with E-state index in [1.165, 1.54) is 36.8 Å². The largest absolute Gasteiger partial charge is 0.432 e. The number of rotatable bonds is 4. The van der Waals surface area contributed by atoms with Crippen molar-refractivity contribution < 1.29 is 21.6 Å². The number of benzene rings is 1. The third-order valence-corrected chi connectivity index (χ3v) is 6.09. The molecule has 0 saturated heterocycles. The second-order valence-corrected chi connectivity index (χ2v) is 9.06. The summed E-state index contributed by atoms with van der Waals surface area (Å²) in [4.78, 5) is 0.0149. The molecule has 2 aliphatic rings. The molecule has 0 atom stereocenters. The highest BCUT2D eigenvalue weighted by Gasteiger charge is 2.43. The number of anilines is 1. The summed E-state index contributed by atoms with van der Waals surface area (Å²) in [6, 6.07) is 5.72. The lowest BCUT2D eigenvalue weighted by Crippen LogP contribution is -2.43. The van der Waals surface area contributed by atoms with Crippen LogP contribution in [-0.4, -0.2) is 38.9 Å². The van der Waals surface area contributed by atoms with Crippen molar-refractivity contribution in [2.75, 3.05) is 24.4 Å². The van der Waals surface area contributed by atoms with Gasteiger partial charge in [0.2, 0.25) is 0 Å². The zero-order valence-corrected chi connectivity index (χ0v) is 15.5. The molecule has 0 unspecified atom stereocenters. The first kappa shape index (κ1) is 19.2. The molecule has 144 valence electrons. The van der Waals surface area contributed by atoms with Crippen LogP contribution in [0.4, 0.5) is 18.9 Å². The molecule has 8 heteroatoms. The van der Waals surface area contributed by atoms with Crippen LogP contribution in [0.15, 0.2) is 40.9 Å². The Morgan fingerprint density at radius 1 is 1.15 bits per heavy atom. The first-order valence-corrected chi connectivity index (χ1v) is 10.7. The summed E-state index contributed by atoms with van der Waals surface area (Å²) in [6.45, 7) is 0.716. The van der Waals surface area contributed by atoms with Crippen LogP contribution in [0.3, 0.4) is 0 Å². The number of nitrogens with zero attached hydrogens (tertiary/aromatic N) is 2. The molecular formula is C18H23F3N2O2S. The summed E-state index contributed by atoms with van der Waals surface area (Å²) in [5.41, 5.74) is -0.524. The maximum absolute atomic E-state index is 13.5. The van der Waals surface area contributed by atoms with Crippen LogP contribution < -0.4 is 5.01 Å². The van der Waals surface area contributed by atoms with Crippen molar-refractivity contribution in [2.45, 2.75) is 43.2 Å². The van der Waals surface area contributed by atoms with Crippen molar-refractivity contribution in [3.05, 3.63) is 36.0 Å². The van der Waals surface area contributed by atoms with Crippen LogP contribution in [0.5, 0.6) is 0 Å². The molecule has 1 saturated carbocycles. The number of sulfone groups is 1. The molecule has 3 rings (SSSR count). The van der Waals surface area contributed by atoms with E-state index >= 15 is 0 Å². The van der Waals surface area contributed by atoms with Gasteiger partial charge in [-0.2, -0.15) is 13.2 Å². The summed E-state index contributed by atoms with van der Waals surface area (Å²) >= 11 is 0. The van der Waals surface area contributed by atoms with Crippen molar-refractivity contribution in [1.82, 2.24) is 5.01 Å². The smallest absolute Gasteiger partial charge is 0.269 e. The predicted octanol–water partition coefficient (Wildman–Crippen LogP) is 4.15. The van der Waals surface area contributed by atoms with Gasteiger partial charge in [0.1, 0.15) is 5.70 Å². The van der Waals surface area contributed by atoms with Gasteiger partial charge in [-0.25, -0.2) is 13.4 Å². The van der Waals surface area contributed by atoms with E-state index < -0.39 is 21.7 Å². The van der Waals surface area contributed by atoms with Crippen LogP contribution in [-0.2, 0) is 9.84 Å². The zero-order valence-electron chi connectivity index (χ0n) is 14.7. The van der Waals surface area contributed by atoms with E-state index in [0.717, 1.165) is 36.9 Å². The van der Waals surface area contributed by atoms with Crippen LogP contribution in [0.1, 0.15) is 32.1 Å². The van der Waals surface area contributed by atoms with Crippen molar-refractivity contribution in [1.29, 1.82) is 0 Å². The van der Waals surface area contributed by atoms with Gasteiger partial charge in [-0.05, 0) is 43.0 Å². The molecule has 0 aromatic heterocycles. The molecule has 0 amide bonds. The highest BCUT2D eigenvalue weighted by atomic mass is 32.2. The first-order valence-electron chi connectivity index (χ1n) is 8.79. The molecule has 4 nitrogen and oxygen atoms in total. The Morgan fingerprint density at radius 3 is 2.46 bits per heavy atom. The van der Waals surface area contributed by atoms with E-state index in [1.807, 2.05) is 0 Å². The predicted molar refractivity (Wildman–Crippen MR) is 94.3 cm³/mol. The fourth-order valence-corrected chi connectivity index (χ4v) is 4.38. The molecule has 0 spiro atoms. The molecule has 1 heterocycles. The monoisotopic (exact) mass is 388 g/mol. The number of hydrogen-bond donors (Lipinski definition) is 0. The number of hydrogen-bond acceptors (Lipinski definition) is 4. The number of alkyl halides is 3. The second-order valence-electron chi connectivity index (χ2n) is 7.04. The molecule has 1 fully saturated rings. The summed E-state index contributed by atoms with van der Waals surface area (Å²) in [5.74, 6) is 0.366. The van der Waals surface area contributed by atoms with E-state index in [0.29, 0.717) is 12.5 Å². The Kier molecular flexibility index (Phi) is 5.35. The SMILES string of the molecule is CS(=O)(=O)c1cccc(N2C(C(F)(F)F)=CCN2CC2CCCCC2)c1. The fourth-order valence-electron chi connectivity index (χ4n) is 3.72. The highest BCUT2D eigenvalue weighted by Crippen LogP contribution is 2.38. The normalized spacial score (nSPS) is 20.5. The van der Waals surface area contributed by atoms with E-state index in [4.69, 9.17) is 0 Å². The van der Waals surface area contributed by atoms with Crippen LogP contribution in [0.2, 0.25) is 0 Å². The van der Waals surface area contributed by atoms with Gasteiger partial charge >= 0.3 is 6.18 Å². The van der Waals surface area contributed by atoms with Gasteiger partial charge in [-0.1, -0.05) is 25.3 Å². The van der Waals surface area contributed by atoms with Crippen molar-refractivity contribution in [3.8, 4) is 0 Å². The summed E-state index contributed by atoms with van der Waals surface area (Å²) in [5, 5.41) is 2.82. The molecule has 1 aliphatic carbocycles. The standard InChI is InChI=1S/C18H23F3N2O2S/c1-26(24,25)16-9-5-8-15(12-16)23-17(18(19,20)21)10-11-22(23)13-14-6-3-2-4-7-14/h5,8-10,12,14H,2-4,6-7,11,13H2,1H3. The van der Waals surface area contributed by atoms with Crippen molar-refractivity contribution in [2.24, 2.45) is 5.92 Å². The molecule has 26 heavy (non-hydrogen) atoms. The third kappa shape index (κ3) is 4.23.